The van der Waals surface area contributed by atoms with Crippen molar-refractivity contribution in [2.45, 2.75) is 70.1 Å². The molecule has 0 aliphatic carbocycles. The second-order valence-corrected chi connectivity index (χ2v) is 14.2. The Morgan fingerprint density at radius 1 is 1.35 bits per heavy atom. The van der Waals surface area contributed by atoms with Crippen LogP contribution in [0.4, 0.5) is 4.79 Å². The highest BCUT2D eigenvalue weighted by molar-refractivity contribution is 6.76. The van der Waals surface area contributed by atoms with Crippen molar-refractivity contribution in [3.63, 3.8) is 0 Å². The molecule has 1 unspecified atom stereocenters. The van der Waals surface area contributed by atoms with Gasteiger partial charge in [-0.15, -0.1) is 0 Å². The highest BCUT2D eigenvalue weighted by atomic mass is 28.3. The summed E-state index contributed by atoms with van der Waals surface area (Å²) in [7, 11) is -1.31. The summed E-state index contributed by atoms with van der Waals surface area (Å²) >= 11 is 0. The Labute approximate surface area is 156 Å². The number of rotatable bonds is 7. The van der Waals surface area contributed by atoms with E-state index in [4.69, 9.17) is 9.47 Å². The molecule has 2 atom stereocenters. The number of ether oxygens (including phenoxy) is 2. The summed E-state index contributed by atoms with van der Waals surface area (Å²) in [5.41, 5.74) is -1.99. The molecule has 1 rings (SSSR count). The SMILES string of the molecule is CC(C)(C)OC(=O)C1(C[C@@H](C#N)NC(=O)OCC[Si](C)(C)C)C=CC=N1. The third-order valence-corrected chi connectivity index (χ3v) is 5.27. The van der Waals surface area contributed by atoms with Gasteiger partial charge in [-0.2, -0.15) is 5.26 Å². The fourth-order valence-corrected chi connectivity index (χ4v) is 2.90. The van der Waals surface area contributed by atoms with E-state index in [2.05, 4.69) is 30.0 Å². The van der Waals surface area contributed by atoms with Crippen LogP contribution in [-0.4, -0.2) is 50.1 Å². The topological polar surface area (TPSA) is 101 Å². The molecule has 1 N–H and O–H groups in total. The van der Waals surface area contributed by atoms with Gasteiger partial charge in [-0.3, -0.25) is 4.99 Å². The van der Waals surface area contributed by atoms with Crippen LogP contribution >= 0.6 is 0 Å². The normalized spacial score (nSPS) is 20.3. The molecule has 1 aliphatic rings. The van der Waals surface area contributed by atoms with Crippen LogP contribution in [0.5, 0.6) is 0 Å². The first-order chi connectivity index (χ1) is 11.9. The lowest BCUT2D eigenvalue weighted by atomic mass is 9.92. The van der Waals surface area contributed by atoms with E-state index in [1.807, 2.05) is 6.07 Å². The number of nitrogens with zero attached hydrogens (tertiary/aromatic N) is 2. The third-order valence-electron chi connectivity index (χ3n) is 3.56. The van der Waals surface area contributed by atoms with Gasteiger partial charge in [0.15, 0.2) is 5.54 Å². The van der Waals surface area contributed by atoms with Gasteiger partial charge in [0, 0.05) is 20.7 Å². The number of alkyl carbamates (subject to hydrolysis) is 1. The molecule has 1 aliphatic heterocycles. The second kappa shape index (κ2) is 8.49. The average molecular weight is 380 g/mol. The van der Waals surface area contributed by atoms with E-state index in [-0.39, 0.29) is 6.42 Å². The summed E-state index contributed by atoms with van der Waals surface area (Å²) in [5, 5.41) is 11.9. The number of carbonyl (C=O) groups excluding carboxylic acids is 2. The maximum Gasteiger partial charge on any atom is 0.408 e. The molecule has 1 heterocycles. The molecule has 0 fully saturated rings. The Morgan fingerprint density at radius 3 is 2.46 bits per heavy atom. The number of hydrogen-bond donors (Lipinski definition) is 1. The maximum atomic E-state index is 12.6. The second-order valence-electron chi connectivity index (χ2n) is 8.54. The smallest absolute Gasteiger partial charge is 0.408 e. The highest BCUT2D eigenvalue weighted by Crippen LogP contribution is 2.27. The van der Waals surface area contributed by atoms with Crippen LogP contribution in [0.25, 0.3) is 0 Å². The van der Waals surface area contributed by atoms with Gasteiger partial charge in [0.05, 0.1) is 12.7 Å². The number of nitrogens with one attached hydrogen (secondary N) is 1. The molecular weight excluding hydrogens is 350 g/mol. The van der Waals surface area contributed by atoms with Gasteiger partial charge in [-0.25, -0.2) is 9.59 Å². The van der Waals surface area contributed by atoms with E-state index in [0.717, 1.165) is 6.04 Å². The van der Waals surface area contributed by atoms with E-state index in [9.17, 15) is 14.9 Å². The molecule has 0 aromatic heterocycles. The first kappa shape index (κ1) is 21.9. The van der Waals surface area contributed by atoms with Crippen LogP contribution in [0.2, 0.25) is 25.7 Å². The maximum absolute atomic E-state index is 12.6. The predicted octanol–water partition coefficient (Wildman–Crippen LogP) is 3.05. The number of hydrogen-bond acceptors (Lipinski definition) is 6. The minimum absolute atomic E-state index is 0.0193. The van der Waals surface area contributed by atoms with E-state index in [0.29, 0.717) is 6.61 Å². The van der Waals surface area contributed by atoms with Gasteiger partial charge >= 0.3 is 12.1 Å². The zero-order valence-electron chi connectivity index (χ0n) is 16.5. The van der Waals surface area contributed by atoms with Gasteiger partial charge in [0.1, 0.15) is 11.6 Å². The Hall–Kier alpha value is -2.14. The van der Waals surface area contributed by atoms with Crippen LogP contribution in [-0.2, 0) is 14.3 Å². The first-order valence-corrected chi connectivity index (χ1v) is 12.4. The number of esters is 1. The molecule has 0 radical (unpaired) electrons. The molecule has 0 saturated heterocycles. The highest BCUT2D eigenvalue weighted by Gasteiger charge is 2.43. The van der Waals surface area contributed by atoms with E-state index in [1.54, 1.807) is 32.9 Å². The average Bonchev–Trinajstić information content (AvgIpc) is 2.93. The van der Waals surface area contributed by atoms with Gasteiger partial charge in [-0.1, -0.05) is 19.6 Å². The lowest BCUT2D eigenvalue weighted by Gasteiger charge is -2.29. The molecule has 1 amide bonds. The molecule has 0 aromatic rings. The Kier molecular flexibility index (Phi) is 7.15. The van der Waals surface area contributed by atoms with E-state index in [1.165, 1.54) is 6.21 Å². The molecule has 0 bridgehead atoms. The van der Waals surface area contributed by atoms with Crippen molar-refractivity contribution in [2.24, 2.45) is 4.99 Å². The standard InChI is InChI=1S/C18H29N3O4Si/c1-17(2,3)25-15(22)18(8-7-9-20-18)12-14(13-19)21-16(23)24-10-11-26(4,5)6/h7-9,14H,10-12H2,1-6H3,(H,21,23)/t14-,18?/m0/s1. The van der Waals surface area contributed by atoms with E-state index >= 15 is 0 Å². The van der Waals surface area contributed by atoms with Crippen molar-refractivity contribution in [3.05, 3.63) is 12.2 Å². The third kappa shape index (κ3) is 7.40. The summed E-state index contributed by atoms with van der Waals surface area (Å²) in [6, 6.07) is 1.90. The number of aliphatic imine (C=N–C) groups is 1. The van der Waals surface area contributed by atoms with Gasteiger partial charge < -0.3 is 14.8 Å². The molecule has 0 saturated carbocycles. The first-order valence-electron chi connectivity index (χ1n) is 8.66. The molecular formula is C18H29N3O4Si. The fraction of sp³-hybridized carbons (Fsp3) is 0.667. The minimum atomic E-state index is -1.31. The lowest BCUT2D eigenvalue weighted by molar-refractivity contribution is -0.159. The predicted molar refractivity (Wildman–Crippen MR) is 103 cm³/mol. The van der Waals surface area contributed by atoms with Crippen molar-refractivity contribution < 1.29 is 19.1 Å². The summed E-state index contributed by atoms with van der Waals surface area (Å²) in [6.07, 6.45) is 4.02. The van der Waals surface area contributed by atoms with Crippen molar-refractivity contribution in [1.29, 1.82) is 5.26 Å². The quantitative estimate of drug-likeness (QED) is 0.541. The van der Waals surface area contributed by atoms with Gasteiger partial charge in [-0.05, 0) is 39.0 Å². The lowest BCUT2D eigenvalue weighted by Crippen LogP contribution is -2.46. The Balaban J connectivity index is 2.70. The number of amides is 1. The number of nitriles is 1. The van der Waals surface area contributed by atoms with Gasteiger partial charge in [0.25, 0.3) is 0 Å². The molecule has 7 nitrogen and oxygen atoms in total. The Bertz CT molecular complexity index is 612. The molecule has 26 heavy (non-hydrogen) atoms. The number of carbonyl (C=O) groups is 2. The van der Waals surface area contributed by atoms with Crippen molar-refractivity contribution in [1.82, 2.24) is 5.32 Å². The zero-order chi connectivity index (χ0) is 20.0. The van der Waals surface area contributed by atoms with Crippen LogP contribution < -0.4 is 5.32 Å². The van der Waals surface area contributed by atoms with Crippen molar-refractivity contribution in [3.8, 4) is 6.07 Å². The molecule has 0 spiro atoms. The van der Waals surface area contributed by atoms with Crippen LogP contribution in [0.15, 0.2) is 17.1 Å². The largest absolute Gasteiger partial charge is 0.458 e. The van der Waals surface area contributed by atoms with Crippen LogP contribution in [0.1, 0.15) is 27.2 Å². The van der Waals surface area contributed by atoms with Crippen molar-refractivity contribution in [2.75, 3.05) is 6.61 Å². The molecule has 0 aromatic carbocycles. The van der Waals surface area contributed by atoms with Crippen LogP contribution in [0.3, 0.4) is 0 Å². The molecule has 144 valence electrons. The summed E-state index contributed by atoms with van der Waals surface area (Å²) in [6.45, 7) is 12.1. The Morgan fingerprint density at radius 2 is 2.00 bits per heavy atom. The summed E-state index contributed by atoms with van der Waals surface area (Å²) in [5.74, 6) is -0.552. The summed E-state index contributed by atoms with van der Waals surface area (Å²) in [4.78, 5) is 28.7. The van der Waals surface area contributed by atoms with E-state index < -0.39 is 37.3 Å². The van der Waals surface area contributed by atoms with Crippen molar-refractivity contribution >= 4 is 26.4 Å². The minimum Gasteiger partial charge on any atom is -0.458 e. The van der Waals surface area contributed by atoms with Crippen LogP contribution in [0, 0.1) is 11.3 Å². The zero-order valence-corrected chi connectivity index (χ0v) is 17.5. The number of allylic oxidation sites excluding steroid dienone is 1. The molecule has 8 heteroatoms. The van der Waals surface area contributed by atoms with Gasteiger partial charge in [0.2, 0.25) is 0 Å². The summed E-state index contributed by atoms with van der Waals surface area (Å²) < 4.78 is 10.6. The fourth-order valence-electron chi connectivity index (χ4n) is 2.19. The monoisotopic (exact) mass is 379 g/mol.